The van der Waals surface area contributed by atoms with Crippen molar-refractivity contribution in [1.82, 2.24) is 9.88 Å². The van der Waals surface area contributed by atoms with Crippen LogP contribution in [0.4, 0.5) is 4.39 Å². The molecule has 0 bridgehead atoms. The summed E-state index contributed by atoms with van der Waals surface area (Å²) in [6.07, 6.45) is 3.85. The lowest BCUT2D eigenvalue weighted by Gasteiger charge is -2.25. The van der Waals surface area contributed by atoms with Crippen LogP contribution in [0.1, 0.15) is 34.0 Å². The molecule has 1 aromatic heterocycles. The molecule has 0 amide bonds. The fraction of sp³-hybridized carbons (Fsp3) is 0.471. The first-order valence-electron chi connectivity index (χ1n) is 7.89. The summed E-state index contributed by atoms with van der Waals surface area (Å²) in [5.41, 5.74) is 7.50. The van der Waals surface area contributed by atoms with Crippen LogP contribution in [0.5, 0.6) is 0 Å². The second-order valence-corrected chi connectivity index (χ2v) is 6.94. The fourth-order valence-corrected chi connectivity index (χ4v) is 4.03. The van der Waals surface area contributed by atoms with Gasteiger partial charge in [0.2, 0.25) is 0 Å². The van der Waals surface area contributed by atoms with Gasteiger partial charge in [-0.2, -0.15) is 0 Å². The van der Waals surface area contributed by atoms with E-state index in [2.05, 4.69) is 4.90 Å². The molecule has 2 aromatic rings. The normalized spacial score (nSPS) is 15.0. The zero-order valence-electron chi connectivity index (χ0n) is 12.7. The van der Waals surface area contributed by atoms with Crippen molar-refractivity contribution in [3.8, 4) is 0 Å². The van der Waals surface area contributed by atoms with Gasteiger partial charge in [-0.05, 0) is 37.6 Å². The highest BCUT2D eigenvalue weighted by molar-refractivity contribution is 7.11. The Labute approximate surface area is 135 Å². The zero-order valence-corrected chi connectivity index (χ0v) is 13.5. The van der Waals surface area contributed by atoms with Gasteiger partial charge in [-0.25, -0.2) is 9.37 Å². The summed E-state index contributed by atoms with van der Waals surface area (Å²) in [6, 6.07) is 6.97. The fourth-order valence-electron chi connectivity index (χ4n) is 2.85. The van der Waals surface area contributed by atoms with Crippen LogP contribution in [-0.2, 0) is 19.4 Å². The first-order chi connectivity index (χ1) is 10.8. The Balaban J connectivity index is 1.65. The van der Waals surface area contributed by atoms with E-state index in [1.165, 1.54) is 16.6 Å². The van der Waals surface area contributed by atoms with Gasteiger partial charge in [0, 0.05) is 30.8 Å². The maximum atomic E-state index is 13.8. The minimum Gasteiger partial charge on any atom is -0.330 e. The third-order valence-electron chi connectivity index (χ3n) is 4.08. The number of hydrogen-bond acceptors (Lipinski definition) is 4. The smallest absolute Gasteiger partial charge is 0.126 e. The molecule has 3 nitrogen and oxygen atoms in total. The topological polar surface area (TPSA) is 42.1 Å². The van der Waals surface area contributed by atoms with E-state index in [9.17, 15) is 4.39 Å². The second kappa shape index (κ2) is 7.31. The lowest BCUT2D eigenvalue weighted by Crippen LogP contribution is -2.31. The molecule has 1 aliphatic heterocycles. The van der Waals surface area contributed by atoms with Gasteiger partial charge in [0.25, 0.3) is 0 Å². The Hall–Kier alpha value is -1.30. The molecule has 0 aliphatic carbocycles. The van der Waals surface area contributed by atoms with Crippen molar-refractivity contribution in [2.45, 2.75) is 32.2 Å². The number of hydrogen-bond donors (Lipinski definition) is 1. The summed E-state index contributed by atoms with van der Waals surface area (Å²) in [6.45, 7) is 3.93. The van der Waals surface area contributed by atoms with Crippen LogP contribution in [0.3, 0.4) is 0 Å². The molecule has 5 heteroatoms. The predicted octanol–water partition coefficient (Wildman–Crippen LogP) is 2.97. The minimum atomic E-state index is -0.140. The highest BCUT2D eigenvalue weighted by Crippen LogP contribution is 2.27. The molecule has 2 N–H and O–H groups in total. The molecular formula is C17H22FN3S. The van der Waals surface area contributed by atoms with Gasteiger partial charge in [0.05, 0.1) is 10.7 Å². The Morgan fingerprint density at radius 2 is 2.14 bits per heavy atom. The van der Waals surface area contributed by atoms with Crippen molar-refractivity contribution in [3.63, 3.8) is 0 Å². The summed E-state index contributed by atoms with van der Waals surface area (Å²) in [5.74, 6) is -0.140. The average Bonchev–Trinajstić information content (AvgIpc) is 2.91. The number of rotatable bonds is 6. The highest BCUT2D eigenvalue weighted by Gasteiger charge is 2.20. The summed E-state index contributed by atoms with van der Waals surface area (Å²) < 4.78 is 13.8. The molecule has 0 spiro atoms. The van der Waals surface area contributed by atoms with Crippen molar-refractivity contribution in [3.05, 3.63) is 51.2 Å². The molecule has 0 atom stereocenters. The van der Waals surface area contributed by atoms with Gasteiger partial charge >= 0.3 is 0 Å². The van der Waals surface area contributed by atoms with Crippen LogP contribution in [-0.4, -0.2) is 29.5 Å². The Bertz CT molecular complexity index is 626. The van der Waals surface area contributed by atoms with E-state index < -0.39 is 0 Å². The zero-order chi connectivity index (χ0) is 15.4. The van der Waals surface area contributed by atoms with Crippen molar-refractivity contribution in [2.75, 3.05) is 19.6 Å². The Kier molecular flexibility index (Phi) is 5.18. The van der Waals surface area contributed by atoms with E-state index in [4.69, 9.17) is 10.7 Å². The first-order valence-corrected chi connectivity index (χ1v) is 8.71. The lowest BCUT2D eigenvalue weighted by molar-refractivity contribution is 0.251. The number of halogens is 1. The first kappa shape index (κ1) is 15.6. The van der Waals surface area contributed by atoms with Crippen LogP contribution in [0.25, 0.3) is 0 Å². The molecular weight excluding hydrogens is 297 g/mol. The number of aromatic nitrogens is 1. The van der Waals surface area contributed by atoms with E-state index in [1.54, 1.807) is 17.4 Å². The standard InChI is InChI=1S/C17H22FN3S/c18-14-6-2-1-5-13(14)11-17-20-15-7-10-21(9-4-3-8-19)12-16(15)22-17/h1-2,5-6H,3-4,7-12,19H2. The Morgan fingerprint density at radius 1 is 1.27 bits per heavy atom. The largest absolute Gasteiger partial charge is 0.330 e. The van der Waals surface area contributed by atoms with Gasteiger partial charge in [-0.15, -0.1) is 11.3 Å². The van der Waals surface area contributed by atoms with Gasteiger partial charge < -0.3 is 5.73 Å². The molecule has 0 saturated heterocycles. The molecule has 0 fully saturated rings. The van der Waals surface area contributed by atoms with Gasteiger partial charge in [0.15, 0.2) is 0 Å². The lowest BCUT2D eigenvalue weighted by atomic mass is 10.1. The average molecular weight is 319 g/mol. The number of unbranched alkanes of at least 4 members (excludes halogenated alkanes) is 1. The van der Waals surface area contributed by atoms with E-state index in [1.807, 2.05) is 12.1 Å². The van der Waals surface area contributed by atoms with Gasteiger partial charge in [0.1, 0.15) is 5.82 Å². The van der Waals surface area contributed by atoms with Crippen LogP contribution in [0.15, 0.2) is 24.3 Å². The number of benzene rings is 1. The van der Waals surface area contributed by atoms with Crippen molar-refractivity contribution in [1.29, 1.82) is 0 Å². The summed E-state index contributed by atoms with van der Waals surface area (Å²) in [4.78, 5) is 8.55. The third kappa shape index (κ3) is 3.72. The molecule has 0 unspecified atom stereocenters. The third-order valence-corrected chi connectivity index (χ3v) is 5.16. The van der Waals surface area contributed by atoms with E-state index >= 15 is 0 Å². The van der Waals surface area contributed by atoms with Crippen molar-refractivity contribution in [2.24, 2.45) is 5.73 Å². The molecule has 1 aromatic carbocycles. The van der Waals surface area contributed by atoms with Crippen molar-refractivity contribution >= 4 is 11.3 Å². The van der Waals surface area contributed by atoms with Crippen LogP contribution in [0, 0.1) is 5.82 Å². The minimum absolute atomic E-state index is 0.140. The van der Waals surface area contributed by atoms with Crippen LogP contribution in [0.2, 0.25) is 0 Å². The summed E-state index contributed by atoms with van der Waals surface area (Å²) >= 11 is 1.74. The predicted molar refractivity (Wildman–Crippen MR) is 88.6 cm³/mol. The molecule has 118 valence electrons. The second-order valence-electron chi connectivity index (χ2n) is 5.77. The SMILES string of the molecule is NCCCCN1CCc2nc(Cc3ccccc3F)sc2C1. The van der Waals surface area contributed by atoms with Crippen molar-refractivity contribution < 1.29 is 4.39 Å². The van der Waals surface area contributed by atoms with Gasteiger partial charge in [-0.1, -0.05) is 18.2 Å². The van der Waals surface area contributed by atoms with E-state index in [0.717, 1.165) is 56.0 Å². The number of nitrogens with zero attached hydrogens (tertiary/aromatic N) is 2. The van der Waals surface area contributed by atoms with E-state index in [-0.39, 0.29) is 5.82 Å². The molecule has 3 rings (SSSR count). The van der Waals surface area contributed by atoms with Crippen LogP contribution >= 0.6 is 11.3 Å². The number of fused-ring (bicyclic) bond motifs is 1. The molecule has 0 saturated carbocycles. The maximum Gasteiger partial charge on any atom is 0.126 e. The molecule has 0 radical (unpaired) electrons. The van der Waals surface area contributed by atoms with Gasteiger partial charge in [-0.3, -0.25) is 4.90 Å². The molecule has 1 aliphatic rings. The van der Waals surface area contributed by atoms with Crippen LogP contribution < -0.4 is 5.73 Å². The molecule has 22 heavy (non-hydrogen) atoms. The highest BCUT2D eigenvalue weighted by atomic mass is 32.1. The Morgan fingerprint density at radius 3 is 2.95 bits per heavy atom. The maximum absolute atomic E-state index is 13.8. The summed E-state index contributed by atoms with van der Waals surface area (Å²) in [7, 11) is 0. The summed E-state index contributed by atoms with van der Waals surface area (Å²) in [5, 5.41) is 1.03. The van der Waals surface area contributed by atoms with E-state index in [0.29, 0.717) is 6.42 Å². The number of nitrogens with two attached hydrogens (primary N) is 1. The monoisotopic (exact) mass is 319 g/mol. The quantitative estimate of drug-likeness (QED) is 0.832. The molecule has 2 heterocycles. The number of thiazole rings is 1.